The quantitative estimate of drug-likeness (QED) is 0.706. The molecule has 0 amide bonds. The molecule has 2 aromatic heterocycles. The maximum absolute atomic E-state index is 14.0. The maximum Gasteiger partial charge on any atom is 0.142 e. The van der Waals surface area contributed by atoms with Crippen LogP contribution in [0.5, 0.6) is 0 Å². The fraction of sp³-hybridized carbons (Fsp3) is 0.143. The van der Waals surface area contributed by atoms with E-state index in [1.54, 1.807) is 23.5 Å². The Morgan fingerprint density at radius 1 is 1.35 bits per heavy atom. The van der Waals surface area contributed by atoms with Gasteiger partial charge in [0.1, 0.15) is 18.0 Å². The van der Waals surface area contributed by atoms with E-state index in [0.717, 1.165) is 4.47 Å². The summed E-state index contributed by atoms with van der Waals surface area (Å²) >= 11 is 5.09. The molecule has 0 atom stereocenters. The van der Waals surface area contributed by atoms with E-state index in [9.17, 15) is 4.39 Å². The molecule has 3 rings (SSSR count). The van der Waals surface area contributed by atoms with Crippen LogP contribution < -0.4 is 4.90 Å². The minimum atomic E-state index is -0.294. The van der Waals surface area contributed by atoms with E-state index < -0.39 is 0 Å². The molecule has 0 aliphatic carbocycles. The topological polar surface area (TPSA) is 29.0 Å². The summed E-state index contributed by atoms with van der Waals surface area (Å²) in [5.74, 6) is 0.315. The second-order valence-corrected chi connectivity index (χ2v) is 6.33. The summed E-state index contributed by atoms with van der Waals surface area (Å²) in [6.07, 6.45) is 1.47. The van der Waals surface area contributed by atoms with E-state index in [1.807, 2.05) is 17.3 Å². The second kappa shape index (κ2) is 5.46. The van der Waals surface area contributed by atoms with Gasteiger partial charge in [0.25, 0.3) is 0 Å². The average molecular weight is 352 g/mol. The zero-order chi connectivity index (χ0) is 14.1. The lowest BCUT2D eigenvalue weighted by molar-refractivity contribution is 0.638. The Hall–Kier alpha value is -1.53. The molecule has 3 aromatic rings. The smallest absolute Gasteiger partial charge is 0.142 e. The van der Waals surface area contributed by atoms with Crippen LogP contribution in [0.2, 0.25) is 0 Å². The highest BCUT2D eigenvalue weighted by molar-refractivity contribution is 9.10. The van der Waals surface area contributed by atoms with Crippen molar-refractivity contribution in [3.8, 4) is 0 Å². The van der Waals surface area contributed by atoms with Gasteiger partial charge in [0.15, 0.2) is 0 Å². The number of anilines is 1. The van der Waals surface area contributed by atoms with E-state index in [1.165, 1.54) is 17.3 Å². The van der Waals surface area contributed by atoms with Crippen molar-refractivity contribution >= 4 is 44.0 Å². The molecular weight excluding hydrogens is 341 g/mol. The van der Waals surface area contributed by atoms with Gasteiger partial charge in [-0.1, -0.05) is 6.07 Å². The summed E-state index contributed by atoms with van der Waals surface area (Å²) in [6.45, 7) is 0.677. The highest BCUT2D eigenvalue weighted by Crippen LogP contribution is 2.27. The number of nitrogens with zero attached hydrogens (tertiary/aromatic N) is 3. The van der Waals surface area contributed by atoms with Crippen LogP contribution in [0.1, 0.15) is 4.88 Å². The van der Waals surface area contributed by atoms with Gasteiger partial charge in [0.2, 0.25) is 0 Å². The van der Waals surface area contributed by atoms with Crippen LogP contribution in [0.4, 0.5) is 10.2 Å². The fourth-order valence-corrected chi connectivity index (χ4v) is 3.59. The molecule has 0 aliphatic heterocycles. The standard InChI is InChI=1S/C14H11BrFN3S/c1-19(6-10-5-9(15)7-20-10)14-13-11(16)3-2-4-12(13)17-8-18-14/h2-5,7-8H,6H2,1H3. The van der Waals surface area contributed by atoms with Gasteiger partial charge < -0.3 is 4.90 Å². The zero-order valence-electron chi connectivity index (χ0n) is 10.7. The van der Waals surface area contributed by atoms with Crippen molar-refractivity contribution in [1.82, 2.24) is 9.97 Å². The molecule has 6 heteroatoms. The molecule has 0 aliphatic rings. The van der Waals surface area contributed by atoms with Crippen molar-refractivity contribution in [3.05, 3.63) is 51.1 Å². The number of benzene rings is 1. The molecule has 0 bridgehead atoms. The summed E-state index contributed by atoms with van der Waals surface area (Å²) in [5.41, 5.74) is 0.620. The molecule has 0 saturated carbocycles. The molecule has 0 N–H and O–H groups in total. The molecule has 20 heavy (non-hydrogen) atoms. The molecule has 0 spiro atoms. The lowest BCUT2D eigenvalue weighted by Gasteiger charge is -2.18. The summed E-state index contributed by atoms with van der Waals surface area (Å²) in [7, 11) is 1.90. The molecule has 0 fully saturated rings. The summed E-state index contributed by atoms with van der Waals surface area (Å²) in [6, 6.07) is 6.94. The molecule has 0 saturated heterocycles. The summed E-state index contributed by atoms with van der Waals surface area (Å²) < 4.78 is 15.1. The summed E-state index contributed by atoms with van der Waals surface area (Å²) in [5, 5.41) is 2.50. The van der Waals surface area contributed by atoms with Gasteiger partial charge in [0, 0.05) is 21.8 Å². The van der Waals surface area contributed by atoms with Crippen LogP contribution in [0.3, 0.4) is 0 Å². The molecule has 0 radical (unpaired) electrons. The van der Waals surface area contributed by atoms with E-state index in [2.05, 4.69) is 32.0 Å². The van der Waals surface area contributed by atoms with Gasteiger partial charge in [0.05, 0.1) is 17.4 Å². The Kier molecular flexibility index (Phi) is 3.67. The Morgan fingerprint density at radius 3 is 2.95 bits per heavy atom. The van der Waals surface area contributed by atoms with E-state index in [0.29, 0.717) is 23.3 Å². The third-order valence-corrected chi connectivity index (χ3v) is 4.65. The number of fused-ring (bicyclic) bond motifs is 1. The number of aromatic nitrogens is 2. The first-order valence-electron chi connectivity index (χ1n) is 5.98. The molecule has 2 heterocycles. The number of thiophene rings is 1. The first kappa shape index (κ1) is 13.5. The van der Waals surface area contributed by atoms with Crippen molar-refractivity contribution < 1.29 is 4.39 Å². The number of rotatable bonds is 3. The third-order valence-electron chi connectivity index (χ3n) is 2.97. The minimum absolute atomic E-state index is 0.294. The molecule has 1 aromatic carbocycles. The van der Waals surface area contributed by atoms with Gasteiger partial charge >= 0.3 is 0 Å². The van der Waals surface area contributed by atoms with Crippen molar-refractivity contribution in [2.75, 3.05) is 11.9 Å². The van der Waals surface area contributed by atoms with Crippen LogP contribution in [0.15, 0.2) is 40.4 Å². The highest BCUT2D eigenvalue weighted by atomic mass is 79.9. The predicted molar refractivity (Wildman–Crippen MR) is 83.6 cm³/mol. The van der Waals surface area contributed by atoms with Gasteiger partial charge in [-0.3, -0.25) is 0 Å². The Morgan fingerprint density at radius 2 is 2.20 bits per heavy atom. The van der Waals surface area contributed by atoms with Crippen LogP contribution in [-0.4, -0.2) is 17.0 Å². The van der Waals surface area contributed by atoms with Gasteiger partial charge in [-0.05, 0) is 34.1 Å². The second-order valence-electron chi connectivity index (χ2n) is 4.42. The SMILES string of the molecule is CN(Cc1cc(Br)cs1)c1ncnc2cccc(F)c12. The average Bonchev–Trinajstić information content (AvgIpc) is 2.84. The molecular formula is C14H11BrFN3S. The molecule has 0 unspecified atom stereocenters. The monoisotopic (exact) mass is 351 g/mol. The Labute approximate surface area is 128 Å². The first-order valence-corrected chi connectivity index (χ1v) is 7.65. The first-order chi connectivity index (χ1) is 9.65. The van der Waals surface area contributed by atoms with Crippen LogP contribution in [0.25, 0.3) is 10.9 Å². The normalized spacial score (nSPS) is 10.9. The van der Waals surface area contributed by atoms with Crippen LogP contribution >= 0.6 is 27.3 Å². The number of halogens is 2. The maximum atomic E-state index is 14.0. The highest BCUT2D eigenvalue weighted by Gasteiger charge is 2.13. The van der Waals surface area contributed by atoms with Crippen LogP contribution in [0, 0.1) is 5.82 Å². The number of hydrogen-bond donors (Lipinski definition) is 0. The van der Waals surface area contributed by atoms with Gasteiger partial charge in [-0.2, -0.15) is 0 Å². The third kappa shape index (κ3) is 2.53. The van der Waals surface area contributed by atoms with E-state index in [4.69, 9.17) is 0 Å². The van der Waals surface area contributed by atoms with Gasteiger partial charge in [-0.25, -0.2) is 14.4 Å². The van der Waals surface area contributed by atoms with Crippen molar-refractivity contribution in [2.45, 2.75) is 6.54 Å². The van der Waals surface area contributed by atoms with Crippen molar-refractivity contribution in [2.24, 2.45) is 0 Å². The van der Waals surface area contributed by atoms with E-state index >= 15 is 0 Å². The Bertz CT molecular complexity index is 754. The predicted octanol–water partition coefficient (Wildman–Crippen LogP) is 4.23. The zero-order valence-corrected chi connectivity index (χ0v) is 13.1. The molecule has 102 valence electrons. The Balaban J connectivity index is 2.01. The van der Waals surface area contributed by atoms with E-state index in [-0.39, 0.29) is 5.82 Å². The van der Waals surface area contributed by atoms with Crippen molar-refractivity contribution in [3.63, 3.8) is 0 Å². The van der Waals surface area contributed by atoms with Crippen molar-refractivity contribution in [1.29, 1.82) is 0 Å². The fourth-order valence-electron chi connectivity index (χ4n) is 2.09. The van der Waals surface area contributed by atoms with Crippen LogP contribution in [-0.2, 0) is 6.54 Å². The molecule has 3 nitrogen and oxygen atoms in total. The minimum Gasteiger partial charge on any atom is -0.354 e. The largest absolute Gasteiger partial charge is 0.354 e. The lowest BCUT2D eigenvalue weighted by Crippen LogP contribution is -2.17. The van der Waals surface area contributed by atoms with Gasteiger partial charge in [-0.15, -0.1) is 11.3 Å². The summed E-state index contributed by atoms with van der Waals surface area (Å²) in [4.78, 5) is 11.5. The lowest BCUT2D eigenvalue weighted by atomic mass is 10.2. The number of hydrogen-bond acceptors (Lipinski definition) is 4.